The number of hydrogen-bond donors (Lipinski definition) is 1. The molecule has 4 nitrogen and oxygen atoms in total. The summed E-state index contributed by atoms with van der Waals surface area (Å²) in [4.78, 5) is 14.0. The maximum absolute atomic E-state index is 11.6. The first-order chi connectivity index (χ1) is 10.4. The molecule has 0 aliphatic carbocycles. The van der Waals surface area contributed by atoms with Crippen molar-refractivity contribution in [3.05, 3.63) is 30.3 Å². The topological polar surface area (TPSA) is 41.6 Å². The molecule has 2 rings (SSSR count). The van der Waals surface area contributed by atoms with Crippen LogP contribution < -0.4 is 10.2 Å². The summed E-state index contributed by atoms with van der Waals surface area (Å²) < 4.78 is 5.24. The Bertz CT molecular complexity index is 460. The van der Waals surface area contributed by atoms with E-state index in [1.54, 1.807) is 0 Å². The van der Waals surface area contributed by atoms with Crippen LogP contribution in [0.1, 0.15) is 40.0 Å². The van der Waals surface area contributed by atoms with Crippen LogP contribution >= 0.6 is 0 Å². The second-order valence-corrected chi connectivity index (χ2v) is 6.98. The summed E-state index contributed by atoms with van der Waals surface area (Å²) in [7, 11) is 0. The summed E-state index contributed by atoms with van der Waals surface area (Å²) in [5.74, 6) is 0.690. The molecule has 22 heavy (non-hydrogen) atoms. The Labute approximate surface area is 133 Å². The minimum Gasteiger partial charge on any atom is -0.444 e. The van der Waals surface area contributed by atoms with Gasteiger partial charge in [-0.15, -0.1) is 0 Å². The maximum Gasteiger partial charge on any atom is 0.407 e. The second-order valence-electron chi connectivity index (χ2n) is 6.98. The third-order valence-electron chi connectivity index (χ3n) is 3.96. The molecule has 1 aliphatic heterocycles. The lowest BCUT2D eigenvalue weighted by atomic mass is 9.93. The van der Waals surface area contributed by atoms with Crippen LogP contribution in [0, 0.1) is 5.92 Å². The van der Waals surface area contributed by atoms with Gasteiger partial charge in [-0.2, -0.15) is 0 Å². The van der Waals surface area contributed by atoms with Crippen molar-refractivity contribution in [2.45, 2.75) is 45.6 Å². The number of nitrogens with one attached hydrogen (secondary N) is 1. The van der Waals surface area contributed by atoms with Gasteiger partial charge in [-0.1, -0.05) is 18.2 Å². The van der Waals surface area contributed by atoms with Gasteiger partial charge in [0.25, 0.3) is 0 Å². The lowest BCUT2D eigenvalue weighted by Crippen LogP contribution is -2.36. The Morgan fingerprint density at radius 1 is 1.23 bits per heavy atom. The van der Waals surface area contributed by atoms with Gasteiger partial charge >= 0.3 is 6.09 Å². The van der Waals surface area contributed by atoms with Crippen LogP contribution in [-0.2, 0) is 4.74 Å². The van der Waals surface area contributed by atoms with Gasteiger partial charge in [-0.25, -0.2) is 4.79 Å². The van der Waals surface area contributed by atoms with E-state index in [2.05, 4.69) is 40.5 Å². The van der Waals surface area contributed by atoms with Crippen molar-refractivity contribution in [3.8, 4) is 0 Å². The highest BCUT2D eigenvalue weighted by atomic mass is 16.6. The molecule has 122 valence electrons. The minimum atomic E-state index is -0.425. The van der Waals surface area contributed by atoms with Crippen LogP contribution in [0.4, 0.5) is 10.5 Å². The van der Waals surface area contributed by atoms with E-state index in [0.717, 1.165) is 19.5 Å². The summed E-state index contributed by atoms with van der Waals surface area (Å²) in [5.41, 5.74) is 0.887. The molecule has 0 spiro atoms. The van der Waals surface area contributed by atoms with E-state index < -0.39 is 5.60 Å². The fourth-order valence-corrected chi connectivity index (χ4v) is 2.81. The monoisotopic (exact) mass is 304 g/mol. The van der Waals surface area contributed by atoms with Gasteiger partial charge < -0.3 is 15.0 Å². The quantitative estimate of drug-likeness (QED) is 0.919. The Balaban J connectivity index is 1.65. The molecular formula is C18H28N2O2. The molecule has 4 heteroatoms. The smallest absolute Gasteiger partial charge is 0.407 e. The Hall–Kier alpha value is -1.71. The van der Waals surface area contributed by atoms with E-state index >= 15 is 0 Å². The number of carbonyl (C=O) groups excluding carboxylic acids is 1. The van der Waals surface area contributed by atoms with Crippen LogP contribution in [0.3, 0.4) is 0 Å². The van der Waals surface area contributed by atoms with Crippen LogP contribution in [0.15, 0.2) is 30.3 Å². The fourth-order valence-electron chi connectivity index (χ4n) is 2.81. The van der Waals surface area contributed by atoms with Crippen molar-refractivity contribution in [2.24, 2.45) is 5.92 Å². The molecule has 1 aromatic carbocycles. The number of benzene rings is 1. The molecule has 0 radical (unpaired) electrons. The van der Waals surface area contributed by atoms with Crippen molar-refractivity contribution in [2.75, 3.05) is 24.5 Å². The van der Waals surface area contributed by atoms with Gasteiger partial charge in [-0.05, 0) is 58.1 Å². The van der Waals surface area contributed by atoms with E-state index in [9.17, 15) is 4.79 Å². The SMILES string of the molecule is CC(C)(C)OC(=O)NCCC1CCN(c2ccccc2)CC1. The molecule has 1 heterocycles. The zero-order valence-corrected chi connectivity index (χ0v) is 14.0. The number of para-hydroxylation sites is 1. The summed E-state index contributed by atoms with van der Waals surface area (Å²) in [6.07, 6.45) is 3.09. The Morgan fingerprint density at radius 3 is 2.45 bits per heavy atom. The summed E-state index contributed by atoms with van der Waals surface area (Å²) in [5, 5.41) is 2.85. The largest absolute Gasteiger partial charge is 0.444 e. The normalized spacial score (nSPS) is 16.4. The molecule has 1 aliphatic rings. The zero-order valence-electron chi connectivity index (χ0n) is 14.0. The summed E-state index contributed by atoms with van der Waals surface area (Å²) in [6, 6.07) is 10.6. The molecule has 1 N–H and O–H groups in total. The van der Waals surface area contributed by atoms with Crippen molar-refractivity contribution in [1.82, 2.24) is 5.32 Å². The van der Waals surface area contributed by atoms with E-state index in [1.165, 1.54) is 18.5 Å². The van der Waals surface area contributed by atoms with Gasteiger partial charge in [0, 0.05) is 25.3 Å². The molecule has 1 aromatic rings. The summed E-state index contributed by atoms with van der Waals surface area (Å²) in [6.45, 7) is 8.54. The van der Waals surface area contributed by atoms with Gasteiger partial charge in [0.1, 0.15) is 5.60 Å². The molecule has 0 saturated carbocycles. The van der Waals surface area contributed by atoms with Crippen LogP contribution in [0.5, 0.6) is 0 Å². The second kappa shape index (κ2) is 7.52. The maximum atomic E-state index is 11.6. The van der Waals surface area contributed by atoms with E-state index in [4.69, 9.17) is 4.74 Å². The van der Waals surface area contributed by atoms with Crippen LogP contribution in [0.2, 0.25) is 0 Å². The zero-order chi connectivity index (χ0) is 16.0. The Kier molecular flexibility index (Phi) is 5.69. The van der Waals surface area contributed by atoms with E-state index in [0.29, 0.717) is 12.5 Å². The molecule has 1 fully saturated rings. The highest BCUT2D eigenvalue weighted by Crippen LogP contribution is 2.24. The molecule has 0 bridgehead atoms. The van der Waals surface area contributed by atoms with E-state index in [1.807, 2.05) is 20.8 Å². The van der Waals surface area contributed by atoms with Gasteiger partial charge in [-0.3, -0.25) is 0 Å². The van der Waals surface area contributed by atoms with Crippen molar-refractivity contribution < 1.29 is 9.53 Å². The molecule has 0 atom stereocenters. The average molecular weight is 304 g/mol. The molecule has 0 aromatic heterocycles. The third-order valence-corrected chi connectivity index (χ3v) is 3.96. The van der Waals surface area contributed by atoms with Crippen LogP contribution in [0.25, 0.3) is 0 Å². The first kappa shape index (κ1) is 16.7. The number of alkyl carbamates (subject to hydrolysis) is 1. The predicted molar refractivity (Wildman–Crippen MR) is 90.2 cm³/mol. The first-order valence-corrected chi connectivity index (χ1v) is 8.21. The van der Waals surface area contributed by atoms with Crippen molar-refractivity contribution >= 4 is 11.8 Å². The van der Waals surface area contributed by atoms with Gasteiger partial charge in [0.2, 0.25) is 0 Å². The molecule has 0 unspecified atom stereocenters. The number of carbonyl (C=O) groups is 1. The Morgan fingerprint density at radius 2 is 1.86 bits per heavy atom. The fraction of sp³-hybridized carbons (Fsp3) is 0.611. The number of amides is 1. The standard InChI is InChI=1S/C18H28N2O2/c1-18(2,3)22-17(21)19-12-9-15-10-13-20(14-11-15)16-7-5-4-6-8-16/h4-8,15H,9-14H2,1-3H3,(H,19,21). The number of ether oxygens (including phenoxy) is 1. The summed E-state index contributed by atoms with van der Waals surface area (Å²) >= 11 is 0. The number of hydrogen-bond acceptors (Lipinski definition) is 3. The van der Waals surface area contributed by atoms with E-state index in [-0.39, 0.29) is 6.09 Å². The highest BCUT2D eigenvalue weighted by molar-refractivity contribution is 5.67. The van der Waals surface area contributed by atoms with Gasteiger partial charge in [0.05, 0.1) is 0 Å². The minimum absolute atomic E-state index is 0.311. The predicted octanol–water partition coefficient (Wildman–Crippen LogP) is 3.82. The molecule has 1 saturated heterocycles. The highest BCUT2D eigenvalue weighted by Gasteiger charge is 2.20. The molecule has 1 amide bonds. The van der Waals surface area contributed by atoms with Crippen molar-refractivity contribution in [1.29, 1.82) is 0 Å². The first-order valence-electron chi connectivity index (χ1n) is 8.21. The number of nitrogens with zero attached hydrogens (tertiary/aromatic N) is 1. The molecular weight excluding hydrogens is 276 g/mol. The van der Waals surface area contributed by atoms with Crippen LogP contribution in [-0.4, -0.2) is 31.3 Å². The number of rotatable bonds is 4. The third kappa shape index (κ3) is 5.58. The number of piperidine rings is 1. The lowest BCUT2D eigenvalue weighted by Gasteiger charge is -2.33. The average Bonchev–Trinajstić information content (AvgIpc) is 2.47. The van der Waals surface area contributed by atoms with Crippen molar-refractivity contribution in [3.63, 3.8) is 0 Å². The van der Waals surface area contributed by atoms with Gasteiger partial charge in [0.15, 0.2) is 0 Å². The lowest BCUT2D eigenvalue weighted by molar-refractivity contribution is 0.0524. The number of anilines is 1.